The van der Waals surface area contributed by atoms with E-state index in [-0.39, 0.29) is 43.6 Å². The van der Waals surface area contributed by atoms with Crippen molar-refractivity contribution in [1.29, 1.82) is 0 Å². The molecule has 7 nitrogen and oxygen atoms in total. The van der Waals surface area contributed by atoms with E-state index in [2.05, 4.69) is 44.7 Å². The van der Waals surface area contributed by atoms with Crippen molar-refractivity contribution in [2.24, 2.45) is 11.7 Å². The average molecular weight is 597 g/mol. The second-order valence-electron chi connectivity index (χ2n) is 12.8. The molecule has 2 heterocycles. The van der Waals surface area contributed by atoms with Crippen LogP contribution in [0.2, 0.25) is 0 Å². The predicted molar refractivity (Wildman–Crippen MR) is 167 cm³/mol. The zero-order valence-corrected chi connectivity index (χ0v) is 25.5. The summed E-state index contributed by atoms with van der Waals surface area (Å²) in [5.74, 6) is -3.05. The van der Waals surface area contributed by atoms with Crippen LogP contribution < -0.4 is 16.4 Å². The summed E-state index contributed by atoms with van der Waals surface area (Å²) in [6, 6.07) is 14.9. The molecule has 236 valence electrons. The highest BCUT2D eigenvalue weighted by molar-refractivity contribution is 5.79. The molecule has 2 aliphatic carbocycles. The molecule has 3 atom stereocenters. The number of unbranched alkanes of at least 4 members (excludes halogenated alkanes) is 1. The summed E-state index contributed by atoms with van der Waals surface area (Å²) >= 11 is 0. The van der Waals surface area contributed by atoms with Crippen molar-refractivity contribution in [2.75, 3.05) is 45.8 Å². The summed E-state index contributed by atoms with van der Waals surface area (Å²) in [7, 11) is 0. The Labute approximate surface area is 256 Å². The van der Waals surface area contributed by atoms with Crippen molar-refractivity contribution in [3.63, 3.8) is 0 Å². The first-order valence-corrected chi connectivity index (χ1v) is 16.5. The van der Waals surface area contributed by atoms with E-state index in [9.17, 15) is 13.6 Å². The monoisotopic (exact) mass is 596 g/mol. The zero-order valence-electron chi connectivity index (χ0n) is 25.5. The molecule has 5 rings (SSSR count). The van der Waals surface area contributed by atoms with Crippen molar-refractivity contribution in [3.05, 3.63) is 65.5 Å². The van der Waals surface area contributed by atoms with Crippen molar-refractivity contribution >= 4 is 5.91 Å². The summed E-state index contributed by atoms with van der Waals surface area (Å²) in [6.07, 6.45) is 8.37. The van der Waals surface area contributed by atoms with Crippen molar-refractivity contribution < 1.29 is 13.6 Å². The van der Waals surface area contributed by atoms with Crippen molar-refractivity contribution in [2.45, 2.75) is 88.3 Å². The fraction of sp³-hybridized carbons (Fsp3) is 0.647. The first-order chi connectivity index (χ1) is 20.9. The third-order valence-corrected chi connectivity index (χ3v) is 9.64. The molecule has 0 bridgehead atoms. The van der Waals surface area contributed by atoms with Gasteiger partial charge in [0.2, 0.25) is 11.8 Å². The normalized spacial score (nSPS) is 23.5. The van der Waals surface area contributed by atoms with Gasteiger partial charge in [-0.2, -0.15) is 0 Å². The molecule has 3 aliphatic rings. The average Bonchev–Trinajstić information content (AvgIpc) is 3.03. The van der Waals surface area contributed by atoms with Crippen LogP contribution in [0, 0.1) is 5.92 Å². The highest BCUT2D eigenvalue weighted by Gasteiger charge is 2.38. The number of amides is 1. The first kappa shape index (κ1) is 31.9. The number of nitrogens with one attached hydrogen (secondary N) is 2. The van der Waals surface area contributed by atoms with Crippen LogP contribution in [0.15, 0.2) is 48.7 Å². The van der Waals surface area contributed by atoms with Crippen molar-refractivity contribution in [3.8, 4) is 0 Å². The lowest BCUT2D eigenvalue weighted by atomic mass is 9.86. The second-order valence-corrected chi connectivity index (χ2v) is 12.8. The number of hydrogen-bond donors (Lipinski definition) is 3. The summed E-state index contributed by atoms with van der Waals surface area (Å²) < 4.78 is 27.4. The molecule has 0 spiro atoms. The highest BCUT2D eigenvalue weighted by atomic mass is 19.3. The smallest absolute Gasteiger partial charge is 0.248 e. The lowest BCUT2D eigenvalue weighted by molar-refractivity contribution is -0.130. The topological polar surface area (TPSA) is 86.5 Å². The van der Waals surface area contributed by atoms with Crippen LogP contribution >= 0.6 is 0 Å². The van der Waals surface area contributed by atoms with Crippen LogP contribution in [-0.2, 0) is 11.2 Å². The Hall–Kier alpha value is -2.46. The van der Waals surface area contributed by atoms with Gasteiger partial charge in [-0.25, -0.2) is 8.78 Å². The molecule has 2 aromatic rings. The molecule has 1 aliphatic heterocycles. The molecule has 1 aromatic carbocycles. The van der Waals surface area contributed by atoms with E-state index in [0.29, 0.717) is 12.1 Å². The third-order valence-electron chi connectivity index (χ3n) is 9.64. The lowest BCUT2D eigenvalue weighted by Gasteiger charge is -2.41. The van der Waals surface area contributed by atoms with Gasteiger partial charge in [0.1, 0.15) is 0 Å². The molecule has 1 saturated carbocycles. The molecule has 1 aromatic heterocycles. The number of rotatable bonds is 13. The Morgan fingerprint density at radius 1 is 1.14 bits per heavy atom. The molecule has 0 unspecified atom stereocenters. The van der Waals surface area contributed by atoms with E-state index in [4.69, 9.17) is 10.7 Å². The van der Waals surface area contributed by atoms with Crippen LogP contribution in [0.5, 0.6) is 0 Å². The van der Waals surface area contributed by atoms with E-state index in [1.54, 1.807) is 0 Å². The first-order valence-electron chi connectivity index (χ1n) is 16.5. The maximum absolute atomic E-state index is 13.7. The Kier molecular flexibility index (Phi) is 11.5. The standard InChI is InChI=1S/C34H50F2N6O/c35-34(36)16-13-28(14-17-34)33(43)40-30(26-8-2-1-3-9-26)15-22-41-23-20-38-29(24-41)25-42(21-5-4-18-37)31-12-6-10-27-11-7-19-39-32(27)31/h1-3,7-9,11,19,28-31,38H,4-6,10,12-18,20-25,37H2,(H,40,43)/t29-,30+,31+/m1/s1. The van der Waals surface area contributed by atoms with Gasteiger partial charge >= 0.3 is 0 Å². The highest BCUT2D eigenvalue weighted by Crippen LogP contribution is 2.37. The molecule has 9 heteroatoms. The van der Waals surface area contributed by atoms with Gasteiger partial charge in [0.15, 0.2) is 0 Å². The molecule has 1 amide bonds. The number of benzene rings is 1. The Bertz CT molecular complexity index is 1140. The molecule has 43 heavy (non-hydrogen) atoms. The number of alkyl halides is 2. The van der Waals surface area contributed by atoms with Gasteiger partial charge < -0.3 is 21.3 Å². The second kappa shape index (κ2) is 15.5. The van der Waals surface area contributed by atoms with Gasteiger partial charge in [-0.15, -0.1) is 0 Å². The van der Waals surface area contributed by atoms with E-state index < -0.39 is 5.92 Å². The van der Waals surface area contributed by atoms with Gasteiger partial charge in [0.05, 0.1) is 17.8 Å². The van der Waals surface area contributed by atoms with Crippen LogP contribution in [0.4, 0.5) is 8.78 Å². The van der Waals surface area contributed by atoms with Crippen LogP contribution in [0.3, 0.4) is 0 Å². The maximum Gasteiger partial charge on any atom is 0.248 e. The number of halogens is 2. The summed E-state index contributed by atoms with van der Waals surface area (Å²) in [4.78, 5) is 23.1. The molecular weight excluding hydrogens is 546 g/mol. The van der Waals surface area contributed by atoms with Crippen molar-refractivity contribution in [1.82, 2.24) is 25.4 Å². The fourth-order valence-electron chi connectivity index (χ4n) is 7.19. The quantitative estimate of drug-likeness (QED) is 0.287. The minimum atomic E-state index is -2.63. The number of aromatic nitrogens is 1. The van der Waals surface area contributed by atoms with Gasteiger partial charge in [-0.05, 0) is 81.6 Å². The fourth-order valence-corrected chi connectivity index (χ4v) is 7.19. The number of hydrogen-bond acceptors (Lipinski definition) is 6. The number of carbonyl (C=O) groups excluding carboxylic acids is 1. The third kappa shape index (κ3) is 9.03. The van der Waals surface area contributed by atoms with E-state index in [0.717, 1.165) is 83.5 Å². The molecule has 2 fully saturated rings. The molecule has 0 radical (unpaired) electrons. The summed E-state index contributed by atoms with van der Waals surface area (Å²) in [5, 5.41) is 7.02. The van der Waals surface area contributed by atoms with Gasteiger partial charge in [0, 0.05) is 63.7 Å². The molecular formula is C34H50F2N6O. The Morgan fingerprint density at radius 2 is 1.95 bits per heavy atom. The van der Waals surface area contributed by atoms with Crippen LogP contribution in [-0.4, -0.2) is 78.5 Å². The number of pyridine rings is 1. The van der Waals surface area contributed by atoms with Crippen LogP contribution in [0.1, 0.15) is 86.7 Å². The maximum atomic E-state index is 13.7. The Balaban J connectivity index is 1.20. The van der Waals surface area contributed by atoms with Gasteiger partial charge in [-0.3, -0.25) is 14.7 Å². The number of nitrogens with zero attached hydrogens (tertiary/aromatic N) is 3. The minimum Gasteiger partial charge on any atom is -0.349 e. The summed E-state index contributed by atoms with van der Waals surface area (Å²) in [6.45, 7) is 6.40. The number of piperazine rings is 1. The number of carbonyl (C=O) groups is 1. The van der Waals surface area contributed by atoms with E-state index in [1.165, 1.54) is 17.7 Å². The predicted octanol–water partition coefficient (Wildman–Crippen LogP) is 4.85. The van der Waals surface area contributed by atoms with Gasteiger partial charge in [-0.1, -0.05) is 36.4 Å². The number of aryl methyl sites for hydroxylation is 1. The van der Waals surface area contributed by atoms with E-state index in [1.807, 2.05) is 24.4 Å². The Morgan fingerprint density at radius 3 is 2.74 bits per heavy atom. The minimum absolute atomic E-state index is 0.0861. The largest absolute Gasteiger partial charge is 0.349 e. The molecule has 4 N–H and O–H groups in total. The summed E-state index contributed by atoms with van der Waals surface area (Å²) in [5.41, 5.74) is 9.55. The van der Waals surface area contributed by atoms with Gasteiger partial charge in [0.25, 0.3) is 0 Å². The zero-order chi connectivity index (χ0) is 30.1. The lowest BCUT2D eigenvalue weighted by Crippen LogP contribution is -2.55. The van der Waals surface area contributed by atoms with E-state index >= 15 is 0 Å². The number of fused-ring (bicyclic) bond motifs is 1. The number of nitrogens with two attached hydrogens (primary N) is 1. The van der Waals surface area contributed by atoms with Crippen LogP contribution in [0.25, 0.3) is 0 Å². The SMILES string of the molecule is NCCCCN(C[C@H]1CN(CC[C@H](NC(=O)C2CCC(F)(F)CC2)c2ccccc2)CCN1)[C@H]1CCCc2cccnc21. The molecule has 1 saturated heterocycles.